The van der Waals surface area contributed by atoms with E-state index in [0.29, 0.717) is 10.2 Å². The quantitative estimate of drug-likeness (QED) is 0.587. The molecule has 0 aliphatic rings. The number of thioether (sulfide) groups is 1. The van der Waals surface area contributed by atoms with Gasteiger partial charge in [0, 0.05) is 5.02 Å². The minimum absolute atomic E-state index is 0.0642. The van der Waals surface area contributed by atoms with Crippen LogP contribution in [0.4, 0.5) is 0 Å². The summed E-state index contributed by atoms with van der Waals surface area (Å²) in [7, 11) is 0. The SMILES string of the molecule is Cc1ccc(C)c(-n2c(C)nnc2SCC(=O)NC(C)c2cccc(Cl)c2)c1. The van der Waals surface area contributed by atoms with E-state index >= 15 is 0 Å². The van der Waals surface area contributed by atoms with Gasteiger partial charge in [-0.25, -0.2) is 0 Å². The van der Waals surface area contributed by atoms with Gasteiger partial charge < -0.3 is 5.32 Å². The van der Waals surface area contributed by atoms with Crippen LogP contribution in [0.15, 0.2) is 47.6 Å². The van der Waals surface area contributed by atoms with Crippen LogP contribution in [0.3, 0.4) is 0 Å². The fourth-order valence-electron chi connectivity index (χ4n) is 2.95. The molecular formula is C21H23ClN4OS. The minimum atomic E-state index is -0.120. The molecular weight excluding hydrogens is 392 g/mol. The third-order valence-corrected chi connectivity index (χ3v) is 5.62. The smallest absolute Gasteiger partial charge is 0.230 e. The lowest BCUT2D eigenvalue weighted by atomic mass is 10.1. The van der Waals surface area contributed by atoms with E-state index in [2.05, 4.69) is 47.6 Å². The number of carbonyl (C=O) groups excluding carboxylic acids is 1. The van der Waals surface area contributed by atoms with Crippen LogP contribution in [0.2, 0.25) is 5.02 Å². The van der Waals surface area contributed by atoms with Crippen LogP contribution in [-0.2, 0) is 4.79 Å². The molecule has 0 aliphatic heterocycles. The van der Waals surface area contributed by atoms with E-state index < -0.39 is 0 Å². The van der Waals surface area contributed by atoms with Crippen molar-refractivity contribution in [1.82, 2.24) is 20.1 Å². The summed E-state index contributed by atoms with van der Waals surface area (Å²) in [5.41, 5.74) is 4.31. The molecule has 0 radical (unpaired) electrons. The molecule has 1 heterocycles. The summed E-state index contributed by atoms with van der Waals surface area (Å²) in [6, 6.07) is 13.7. The van der Waals surface area contributed by atoms with E-state index in [1.165, 1.54) is 11.8 Å². The normalized spacial score (nSPS) is 12.0. The Labute approximate surface area is 174 Å². The van der Waals surface area contributed by atoms with Gasteiger partial charge in [-0.15, -0.1) is 10.2 Å². The first-order chi connectivity index (χ1) is 13.3. The standard InChI is InChI=1S/C21H23ClN4OS/c1-13-8-9-14(2)19(10-13)26-16(4)24-25-21(26)28-12-20(27)23-15(3)17-6-5-7-18(22)11-17/h5-11,15H,12H2,1-4H3,(H,23,27). The van der Waals surface area contributed by atoms with Crippen molar-refractivity contribution in [3.63, 3.8) is 0 Å². The van der Waals surface area contributed by atoms with Crippen molar-refractivity contribution in [3.05, 3.63) is 70.0 Å². The number of aromatic nitrogens is 3. The Balaban J connectivity index is 1.70. The molecule has 28 heavy (non-hydrogen) atoms. The summed E-state index contributed by atoms with van der Waals surface area (Å²) in [6.45, 7) is 7.97. The summed E-state index contributed by atoms with van der Waals surface area (Å²) in [4.78, 5) is 12.4. The van der Waals surface area contributed by atoms with Crippen molar-refractivity contribution in [1.29, 1.82) is 0 Å². The Hall–Kier alpha value is -2.31. The highest BCUT2D eigenvalue weighted by molar-refractivity contribution is 7.99. The largest absolute Gasteiger partial charge is 0.349 e. The predicted molar refractivity (Wildman–Crippen MR) is 114 cm³/mol. The maximum absolute atomic E-state index is 12.4. The summed E-state index contributed by atoms with van der Waals surface area (Å²) in [5.74, 6) is 0.989. The molecule has 146 valence electrons. The molecule has 7 heteroatoms. The summed E-state index contributed by atoms with van der Waals surface area (Å²) in [6.07, 6.45) is 0. The third kappa shape index (κ3) is 4.75. The molecule has 2 aromatic carbocycles. The first-order valence-corrected chi connectivity index (χ1v) is 10.4. The summed E-state index contributed by atoms with van der Waals surface area (Å²) < 4.78 is 2.00. The molecule has 0 aliphatic carbocycles. The number of benzene rings is 2. The predicted octanol–water partition coefficient (Wildman–Crippen LogP) is 4.82. The number of hydrogen-bond donors (Lipinski definition) is 1. The van der Waals surface area contributed by atoms with Crippen LogP contribution < -0.4 is 5.32 Å². The van der Waals surface area contributed by atoms with Crippen LogP contribution in [0.5, 0.6) is 0 Å². The summed E-state index contributed by atoms with van der Waals surface area (Å²) >= 11 is 7.41. The van der Waals surface area contributed by atoms with Crippen LogP contribution in [0.25, 0.3) is 5.69 Å². The lowest BCUT2D eigenvalue weighted by molar-refractivity contribution is -0.119. The number of halogens is 1. The molecule has 1 unspecified atom stereocenters. The number of nitrogens with one attached hydrogen (secondary N) is 1. The lowest BCUT2D eigenvalue weighted by Crippen LogP contribution is -2.28. The van der Waals surface area contributed by atoms with Gasteiger partial charge in [0.25, 0.3) is 0 Å². The Bertz CT molecular complexity index is 1000. The van der Waals surface area contributed by atoms with Crippen LogP contribution in [-0.4, -0.2) is 26.4 Å². The monoisotopic (exact) mass is 414 g/mol. The molecule has 0 fully saturated rings. The first-order valence-electron chi connectivity index (χ1n) is 9.02. The molecule has 1 amide bonds. The number of hydrogen-bond acceptors (Lipinski definition) is 4. The number of amides is 1. The van der Waals surface area contributed by atoms with Crippen molar-refractivity contribution >= 4 is 29.3 Å². The van der Waals surface area contributed by atoms with Crippen molar-refractivity contribution in [2.45, 2.75) is 38.9 Å². The molecule has 3 rings (SSSR count). The van der Waals surface area contributed by atoms with Crippen LogP contribution in [0, 0.1) is 20.8 Å². The van der Waals surface area contributed by atoms with E-state index in [1.54, 1.807) is 0 Å². The van der Waals surface area contributed by atoms with Gasteiger partial charge >= 0.3 is 0 Å². The van der Waals surface area contributed by atoms with Gasteiger partial charge in [0.05, 0.1) is 17.5 Å². The maximum atomic E-state index is 12.4. The molecule has 1 N–H and O–H groups in total. The van der Waals surface area contributed by atoms with Crippen molar-refractivity contribution in [3.8, 4) is 5.69 Å². The molecule has 1 atom stereocenters. The maximum Gasteiger partial charge on any atom is 0.230 e. The van der Waals surface area contributed by atoms with Crippen molar-refractivity contribution in [2.24, 2.45) is 0 Å². The highest BCUT2D eigenvalue weighted by Crippen LogP contribution is 2.25. The van der Waals surface area contributed by atoms with E-state index in [9.17, 15) is 4.79 Å². The zero-order valence-corrected chi connectivity index (χ0v) is 17.9. The average molecular weight is 415 g/mol. The number of aryl methyl sites for hydroxylation is 3. The average Bonchev–Trinajstić information content (AvgIpc) is 3.02. The molecule has 3 aromatic rings. The second-order valence-corrected chi connectivity index (χ2v) is 8.17. The topological polar surface area (TPSA) is 59.8 Å². The highest BCUT2D eigenvalue weighted by atomic mass is 35.5. The zero-order chi connectivity index (χ0) is 20.3. The fourth-order valence-corrected chi connectivity index (χ4v) is 3.95. The number of rotatable bonds is 6. The first kappa shape index (κ1) is 20.4. The van der Waals surface area contributed by atoms with Gasteiger partial charge in [-0.2, -0.15) is 0 Å². The second kappa shape index (κ2) is 8.80. The lowest BCUT2D eigenvalue weighted by Gasteiger charge is -2.15. The van der Waals surface area contributed by atoms with E-state index in [4.69, 9.17) is 11.6 Å². The van der Waals surface area contributed by atoms with E-state index in [0.717, 1.165) is 28.2 Å². The van der Waals surface area contributed by atoms with Gasteiger partial charge in [-0.1, -0.05) is 47.6 Å². The molecule has 0 saturated heterocycles. The molecule has 0 saturated carbocycles. The molecule has 5 nitrogen and oxygen atoms in total. The fraction of sp³-hybridized carbons (Fsp3) is 0.286. The highest BCUT2D eigenvalue weighted by Gasteiger charge is 2.16. The molecule has 0 spiro atoms. The number of nitrogens with zero attached hydrogens (tertiary/aromatic N) is 3. The zero-order valence-electron chi connectivity index (χ0n) is 16.4. The van der Waals surface area contributed by atoms with E-state index in [1.807, 2.05) is 42.7 Å². The van der Waals surface area contributed by atoms with Gasteiger partial charge in [0.1, 0.15) is 5.82 Å². The van der Waals surface area contributed by atoms with Crippen LogP contribution >= 0.6 is 23.4 Å². The van der Waals surface area contributed by atoms with Crippen molar-refractivity contribution in [2.75, 3.05) is 5.75 Å². The molecule has 1 aromatic heterocycles. The summed E-state index contributed by atoms with van der Waals surface area (Å²) in [5, 5.41) is 12.8. The molecule has 0 bridgehead atoms. The number of carbonyl (C=O) groups is 1. The van der Waals surface area contributed by atoms with Crippen LogP contribution in [0.1, 0.15) is 35.5 Å². The van der Waals surface area contributed by atoms with Gasteiger partial charge in [0.2, 0.25) is 5.91 Å². The third-order valence-electron chi connectivity index (χ3n) is 4.46. The second-order valence-electron chi connectivity index (χ2n) is 6.79. The Morgan fingerprint density at radius 3 is 2.71 bits per heavy atom. The van der Waals surface area contributed by atoms with Gasteiger partial charge in [-0.3, -0.25) is 9.36 Å². The van der Waals surface area contributed by atoms with Gasteiger partial charge in [0.15, 0.2) is 5.16 Å². The van der Waals surface area contributed by atoms with Crippen molar-refractivity contribution < 1.29 is 4.79 Å². The Kier molecular flexibility index (Phi) is 6.42. The van der Waals surface area contributed by atoms with E-state index in [-0.39, 0.29) is 17.7 Å². The van der Waals surface area contributed by atoms with Gasteiger partial charge in [-0.05, 0) is 62.6 Å². The Morgan fingerprint density at radius 1 is 1.18 bits per heavy atom. The minimum Gasteiger partial charge on any atom is -0.349 e. The Morgan fingerprint density at radius 2 is 1.96 bits per heavy atom.